The number of imidazole rings is 1. The smallest absolute Gasteiger partial charge is 0.337 e. The zero-order valence-corrected chi connectivity index (χ0v) is 12.1. The number of rotatable bonds is 5. The van der Waals surface area contributed by atoms with Gasteiger partial charge in [0.05, 0.1) is 11.1 Å². The first-order valence-electron chi connectivity index (χ1n) is 6.77. The zero-order valence-electron chi connectivity index (χ0n) is 12.1. The molecule has 0 bridgehead atoms. The summed E-state index contributed by atoms with van der Waals surface area (Å²) in [5.41, 5.74) is 1.26. The number of aliphatic hydroxyl groups is 1. The highest BCUT2D eigenvalue weighted by molar-refractivity contribution is 6.01. The average Bonchev–Trinajstić information content (AvgIpc) is 2.74. The largest absolute Gasteiger partial charge is 0.478 e. The van der Waals surface area contributed by atoms with Gasteiger partial charge in [0.25, 0.3) is 0 Å². The van der Waals surface area contributed by atoms with E-state index in [4.69, 9.17) is 0 Å². The van der Waals surface area contributed by atoms with Crippen LogP contribution in [0.3, 0.4) is 0 Å². The van der Waals surface area contributed by atoms with E-state index < -0.39 is 5.97 Å². The molecule has 0 aliphatic rings. The van der Waals surface area contributed by atoms with Crippen LogP contribution in [0.5, 0.6) is 0 Å². The number of aryl methyl sites for hydroxylation is 1. The van der Waals surface area contributed by atoms with Crippen molar-refractivity contribution in [3.8, 4) is 0 Å². The third-order valence-corrected chi connectivity index (χ3v) is 4.04. The number of aromatic nitrogens is 2. The predicted molar refractivity (Wildman–Crippen MR) is 77.1 cm³/mol. The van der Waals surface area contributed by atoms with E-state index in [9.17, 15) is 15.0 Å². The molecule has 0 aliphatic heterocycles. The maximum absolute atomic E-state index is 11.3. The number of aliphatic hydroxyl groups excluding tert-OH is 1. The molecule has 1 aromatic carbocycles. The van der Waals surface area contributed by atoms with Crippen LogP contribution in [-0.2, 0) is 5.54 Å². The minimum atomic E-state index is -0.972. The number of para-hydroxylation sites is 1. The van der Waals surface area contributed by atoms with Crippen molar-refractivity contribution >= 4 is 17.0 Å². The Morgan fingerprint density at radius 1 is 1.45 bits per heavy atom. The van der Waals surface area contributed by atoms with Gasteiger partial charge < -0.3 is 14.8 Å². The summed E-state index contributed by atoms with van der Waals surface area (Å²) < 4.78 is 2.05. The number of fused-ring (bicyclic) bond motifs is 1. The molecular weight excluding hydrogens is 256 g/mol. The van der Waals surface area contributed by atoms with Crippen molar-refractivity contribution < 1.29 is 15.0 Å². The Hall–Kier alpha value is -1.88. The van der Waals surface area contributed by atoms with E-state index in [1.165, 1.54) is 0 Å². The summed E-state index contributed by atoms with van der Waals surface area (Å²) in [4.78, 5) is 15.7. The van der Waals surface area contributed by atoms with Crippen molar-refractivity contribution in [3.05, 3.63) is 29.6 Å². The molecule has 1 aromatic heterocycles. The van der Waals surface area contributed by atoms with Crippen molar-refractivity contribution in [2.45, 2.75) is 39.2 Å². The fourth-order valence-electron chi connectivity index (χ4n) is 2.76. The monoisotopic (exact) mass is 276 g/mol. The molecule has 0 fully saturated rings. The Morgan fingerprint density at radius 2 is 2.15 bits per heavy atom. The van der Waals surface area contributed by atoms with Gasteiger partial charge in [0.15, 0.2) is 0 Å². The van der Waals surface area contributed by atoms with Gasteiger partial charge in [-0.3, -0.25) is 0 Å². The third kappa shape index (κ3) is 2.18. The van der Waals surface area contributed by atoms with Gasteiger partial charge in [0.1, 0.15) is 11.3 Å². The van der Waals surface area contributed by atoms with Gasteiger partial charge >= 0.3 is 5.97 Å². The number of hydrogen-bond donors (Lipinski definition) is 2. The summed E-state index contributed by atoms with van der Waals surface area (Å²) >= 11 is 0. The molecule has 2 aromatic rings. The fraction of sp³-hybridized carbons (Fsp3) is 0.467. The highest BCUT2D eigenvalue weighted by atomic mass is 16.4. The maximum Gasteiger partial charge on any atom is 0.337 e. The molecule has 108 valence electrons. The van der Waals surface area contributed by atoms with Crippen molar-refractivity contribution in [3.63, 3.8) is 0 Å². The fourth-order valence-corrected chi connectivity index (χ4v) is 2.76. The van der Waals surface area contributed by atoms with E-state index in [-0.39, 0.29) is 17.7 Å². The molecule has 5 heteroatoms. The van der Waals surface area contributed by atoms with Crippen LogP contribution in [0.4, 0.5) is 0 Å². The number of aromatic carboxylic acids is 1. The number of benzene rings is 1. The minimum absolute atomic E-state index is 0.0854. The first-order valence-corrected chi connectivity index (χ1v) is 6.77. The highest BCUT2D eigenvalue weighted by Crippen LogP contribution is 2.31. The number of hydrogen-bond acceptors (Lipinski definition) is 3. The lowest BCUT2D eigenvalue weighted by molar-refractivity contribution is 0.0699. The molecule has 20 heavy (non-hydrogen) atoms. The Kier molecular flexibility index (Phi) is 3.81. The number of carboxylic acid groups (broad SMARTS) is 1. The quantitative estimate of drug-likeness (QED) is 0.880. The molecule has 0 saturated heterocycles. The van der Waals surface area contributed by atoms with Gasteiger partial charge in [0.2, 0.25) is 0 Å². The summed E-state index contributed by atoms with van der Waals surface area (Å²) in [5.74, 6) is -0.202. The number of nitrogens with zero attached hydrogens (tertiary/aromatic N) is 2. The summed E-state index contributed by atoms with van der Waals surface area (Å²) in [6, 6.07) is 5.18. The lowest BCUT2D eigenvalue weighted by atomic mass is 9.94. The molecule has 5 nitrogen and oxygen atoms in total. The lowest BCUT2D eigenvalue weighted by Crippen LogP contribution is -2.31. The Labute approximate surface area is 117 Å². The third-order valence-electron chi connectivity index (χ3n) is 4.04. The van der Waals surface area contributed by atoms with Crippen LogP contribution in [0.2, 0.25) is 0 Å². The van der Waals surface area contributed by atoms with Crippen LogP contribution in [-0.4, -0.2) is 32.3 Å². The maximum atomic E-state index is 11.3. The average molecular weight is 276 g/mol. The van der Waals surface area contributed by atoms with E-state index in [0.717, 1.165) is 17.8 Å². The minimum Gasteiger partial charge on any atom is -0.478 e. The van der Waals surface area contributed by atoms with Gasteiger partial charge in [-0.1, -0.05) is 13.0 Å². The Bertz CT molecular complexity index is 648. The van der Waals surface area contributed by atoms with Crippen LogP contribution in [0.15, 0.2) is 18.2 Å². The van der Waals surface area contributed by atoms with Gasteiger partial charge in [-0.25, -0.2) is 9.78 Å². The molecule has 0 spiro atoms. The first-order chi connectivity index (χ1) is 9.44. The molecular formula is C15H20N2O3. The summed E-state index contributed by atoms with van der Waals surface area (Å²) in [6.45, 7) is 6.08. The number of carbonyl (C=O) groups is 1. The molecule has 2 rings (SSSR count). The van der Waals surface area contributed by atoms with E-state index in [1.807, 2.05) is 17.6 Å². The van der Waals surface area contributed by atoms with Crippen molar-refractivity contribution in [2.24, 2.45) is 0 Å². The molecule has 1 heterocycles. The van der Waals surface area contributed by atoms with Gasteiger partial charge in [0, 0.05) is 12.1 Å². The molecule has 0 saturated carbocycles. The molecule has 0 amide bonds. The summed E-state index contributed by atoms with van der Waals surface area (Å²) in [5, 5.41) is 18.6. The van der Waals surface area contributed by atoms with Crippen LogP contribution < -0.4 is 0 Å². The summed E-state index contributed by atoms with van der Waals surface area (Å²) in [6.07, 6.45) is 1.43. The Balaban J connectivity index is 2.75. The normalized spacial score (nSPS) is 14.4. The topological polar surface area (TPSA) is 75.3 Å². The van der Waals surface area contributed by atoms with E-state index in [2.05, 4.69) is 18.8 Å². The van der Waals surface area contributed by atoms with Gasteiger partial charge in [-0.2, -0.15) is 0 Å². The standard InChI is InChI=1S/C15H20N2O3/c1-4-15(3,8-9-18)17-10(2)16-13-11(14(19)20)6-5-7-12(13)17/h5-7,18H,4,8-9H2,1-3H3,(H,19,20). The van der Waals surface area contributed by atoms with E-state index >= 15 is 0 Å². The van der Waals surface area contributed by atoms with Crippen molar-refractivity contribution in [2.75, 3.05) is 6.61 Å². The highest BCUT2D eigenvalue weighted by Gasteiger charge is 2.28. The lowest BCUT2D eigenvalue weighted by Gasteiger charge is -2.31. The van der Waals surface area contributed by atoms with Crippen LogP contribution >= 0.6 is 0 Å². The van der Waals surface area contributed by atoms with Crippen molar-refractivity contribution in [1.82, 2.24) is 9.55 Å². The van der Waals surface area contributed by atoms with Gasteiger partial charge in [-0.15, -0.1) is 0 Å². The predicted octanol–water partition coefficient (Wildman–Crippen LogP) is 2.55. The van der Waals surface area contributed by atoms with Crippen molar-refractivity contribution in [1.29, 1.82) is 0 Å². The van der Waals surface area contributed by atoms with Crippen LogP contribution in [0, 0.1) is 6.92 Å². The Morgan fingerprint density at radius 3 is 2.70 bits per heavy atom. The molecule has 1 atom stereocenters. The zero-order chi connectivity index (χ0) is 14.9. The SMILES string of the molecule is CCC(C)(CCO)n1c(C)nc2c(C(=O)O)cccc21. The van der Waals surface area contributed by atoms with E-state index in [1.54, 1.807) is 12.1 Å². The number of carboxylic acids is 1. The van der Waals surface area contributed by atoms with Crippen LogP contribution in [0.1, 0.15) is 42.9 Å². The molecule has 0 aliphatic carbocycles. The first kappa shape index (κ1) is 14.5. The second-order valence-electron chi connectivity index (χ2n) is 5.30. The molecule has 0 radical (unpaired) electrons. The second kappa shape index (κ2) is 5.25. The molecule has 2 N–H and O–H groups in total. The van der Waals surface area contributed by atoms with E-state index in [0.29, 0.717) is 11.9 Å². The van der Waals surface area contributed by atoms with Crippen LogP contribution in [0.25, 0.3) is 11.0 Å². The van der Waals surface area contributed by atoms with Gasteiger partial charge in [-0.05, 0) is 38.8 Å². The molecule has 1 unspecified atom stereocenters. The summed E-state index contributed by atoms with van der Waals surface area (Å²) in [7, 11) is 0. The second-order valence-corrected chi connectivity index (χ2v) is 5.30.